The Morgan fingerprint density at radius 1 is 1.41 bits per heavy atom. The van der Waals surface area contributed by atoms with E-state index in [0.717, 1.165) is 13.2 Å². The second-order valence-corrected chi connectivity index (χ2v) is 5.95. The molecule has 2 saturated heterocycles. The predicted octanol–water partition coefficient (Wildman–Crippen LogP) is 1.87. The van der Waals surface area contributed by atoms with E-state index < -0.39 is 0 Å². The van der Waals surface area contributed by atoms with E-state index in [4.69, 9.17) is 4.74 Å². The first-order chi connectivity index (χ1) is 8.13. The molecule has 0 spiro atoms. The molecule has 2 fully saturated rings. The summed E-state index contributed by atoms with van der Waals surface area (Å²) >= 11 is 0. The Morgan fingerprint density at radius 3 is 2.71 bits per heavy atom. The minimum atomic E-state index is 0.409. The molecule has 0 bridgehead atoms. The van der Waals surface area contributed by atoms with Crippen LogP contribution >= 0.6 is 0 Å². The standard InChI is InChI=1S/C14H28N2O/c1-5-12-9-16(13-6-7-17-11(13)4)14(8-15-12)10(2)3/h10-15H,5-9H2,1-4H3. The molecule has 0 aromatic rings. The van der Waals surface area contributed by atoms with Crippen molar-refractivity contribution in [2.24, 2.45) is 5.92 Å². The maximum Gasteiger partial charge on any atom is 0.0703 e. The van der Waals surface area contributed by atoms with Gasteiger partial charge in [-0.05, 0) is 25.7 Å². The third-order valence-electron chi connectivity index (χ3n) is 4.50. The summed E-state index contributed by atoms with van der Waals surface area (Å²) in [4.78, 5) is 2.73. The predicted molar refractivity (Wildman–Crippen MR) is 71.2 cm³/mol. The van der Waals surface area contributed by atoms with Crippen LogP contribution in [0.4, 0.5) is 0 Å². The lowest BCUT2D eigenvalue weighted by atomic mass is 9.94. The smallest absolute Gasteiger partial charge is 0.0703 e. The number of rotatable bonds is 3. The zero-order valence-electron chi connectivity index (χ0n) is 11.8. The highest BCUT2D eigenvalue weighted by Crippen LogP contribution is 2.26. The molecular weight excluding hydrogens is 212 g/mol. The van der Waals surface area contributed by atoms with Crippen molar-refractivity contribution in [3.63, 3.8) is 0 Å². The molecule has 1 N–H and O–H groups in total. The minimum absolute atomic E-state index is 0.409. The molecule has 0 saturated carbocycles. The summed E-state index contributed by atoms with van der Waals surface area (Å²) in [5.41, 5.74) is 0. The van der Waals surface area contributed by atoms with E-state index in [0.29, 0.717) is 30.1 Å². The van der Waals surface area contributed by atoms with Crippen LogP contribution < -0.4 is 5.32 Å². The monoisotopic (exact) mass is 240 g/mol. The third kappa shape index (κ3) is 2.83. The van der Waals surface area contributed by atoms with Gasteiger partial charge in [0.15, 0.2) is 0 Å². The van der Waals surface area contributed by atoms with Crippen LogP contribution in [0.2, 0.25) is 0 Å². The highest BCUT2D eigenvalue weighted by molar-refractivity contribution is 4.94. The van der Waals surface area contributed by atoms with Crippen molar-refractivity contribution in [1.29, 1.82) is 0 Å². The summed E-state index contributed by atoms with van der Waals surface area (Å²) in [6.07, 6.45) is 2.84. The van der Waals surface area contributed by atoms with E-state index in [1.807, 2.05) is 0 Å². The van der Waals surface area contributed by atoms with Crippen molar-refractivity contribution >= 4 is 0 Å². The first-order valence-corrected chi connectivity index (χ1v) is 7.24. The molecule has 4 atom stereocenters. The maximum atomic E-state index is 5.75. The molecule has 4 unspecified atom stereocenters. The van der Waals surface area contributed by atoms with Gasteiger partial charge in [-0.15, -0.1) is 0 Å². The van der Waals surface area contributed by atoms with Gasteiger partial charge in [0, 0.05) is 37.8 Å². The molecule has 2 rings (SSSR count). The van der Waals surface area contributed by atoms with Gasteiger partial charge < -0.3 is 10.1 Å². The molecule has 0 aromatic heterocycles. The average molecular weight is 240 g/mol. The van der Waals surface area contributed by atoms with Crippen molar-refractivity contribution < 1.29 is 4.74 Å². The number of ether oxygens (including phenoxy) is 1. The Balaban J connectivity index is 2.07. The Hall–Kier alpha value is -0.120. The van der Waals surface area contributed by atoms with Gasteiger partial charge in [0.1, 0.15) is 0 Å². The van der Waals surface area contributed by atoms with Crippen molar-refractivity contribution in [2.75, 3.05) is 19.7 Å². The van der Waals surface area contributed by atoms with E-state index >= 15 is 0 Å². The Kier molecular flexibility index (Phi) is 4.45. The molecular formula is C14H28N2O. The third-order valence-corrected chi connectivity index (χ3v) is 4.50. The first kappa shape index (κ1) is 13.3. The summed E-state index contributed by atoms with van der Waals surface area (Å²) in [5.74, 6) is 0.716. The maximum absolute atomic E-state index is 5.75. The van der Waals surface area contributed by atoms with Gasteiger partial charge >= 0.3 is 0 Å². The summed E-state index contributed by atoms with van der Waals surface area (Å²) in [6, 6.07) is 1.98. The summed E-state index contributed by atoms with van der Waals surface area (Å²) < 4.78 is 5.75. The van der Waals surface area contributed by atoms with E-state index in [-0.39, 0.29) is 0 Å². The fourth-order valence-corrected chi connectivity index (χ4v) is 3.29. The van der Waals surface area contributed by atoms with Gasteiger partial charge in [-0.1, -0.05) is 20.8 Å². The van der Waals surface area contributed by atoms with E-state index in [1.54, 1.807) is 0 Å². The molecule has 3 nitrogen and oxygen atoms in total. The van der Waals surface area contributed by atoms with E-state index in [9.17, 15) is 0 Å². The van der Waals surface area contributed by atoms with Crippen LogP contribution in [0.25, 0.3) is 0 Å². The van der Waals surface area contributed by atoms with Gasteiger partial charge in [-0.25, -0.2) is 0 Å². The lowest BCUT2D eigenvalue weighted by molar-refractivity contribution is 0.0161. The van der Waals surface area contributed by atoms with E-state index in [2.05, 4.69) is 37.9 Å². The minimum Gasteiger partial charge on any atom is -0.377 e. The number of nitrogens with one attached hydrogen (secondary N) is 1. The molecule has 2 aliphatic rings. The van der Waals surface area contributed by atoms with Gasteiger partial charge in [0.2, 0.25) is 0 Å². The normalized spacial score (nSPS) is 40.1. The zero-order chi connectivity index (χ0) is 12.4. The Labute approximate surface area is 106 Å². The van der Waals surface area contributed by atoms with Gasteiger partial charge in [-0.2, -0.15) is 0 Å². The van der Waals surface area contributed by atoms with Crippen LogP contribution in [-0.4, -0.2) is 48.8 Å². The number of hydrogen-bond donors (Lipinski definition) is 1. The molecule has 100 valence electrons. The van der Waals surface area contributed by atoms with E-state index in [1.165, 1.54) is 19.4 Å². The van der Waals surface area contributed by atoms with Gasteiger partial charge in [-0.3, -0.25) is 4.90 Å². The van der Waals surface area contributed by atoms with Crippen molar-refractivity contribution in [3.8, 4) is 0 Å². The fraction of sp³-hybridized carbons (Fsp3) is 1.00. The highest BCUT2D eigenvalue weighted by atomic mass is 16.5. The first-order valence-electron chi connectivity index (χ1n) is 7.24. The van der Waals surface area contributed by atoms with Crippen molar-refractivity contribution in [2.45, 2.75) is 64.8 Å². The Bertz CT molecular complexity index is 242. The Morgan fingerprint density at radius 2 is 2.18 bits per heavy atom. The van der Waals surface area contributed by atoms with Crippen LogP contribution in [0.5, 0.6) is 0 Å². The van der Waals surface area contributed by atoms with Gasteiger partial charge in [0.05, 0.1) is 6.10 Å². The second-order valence-electron chi connectivity index (χ2n) is 5.95. The molecule has 2 aliphatic heterocycles. The van der Waals surface area contributed by atoms with Crippen LogP contribution in [0.1, 0.15) is 40.5 Å². The van der Waals surface area contributed by atoms with Crippen LogP contribution in [-0.2, 0) is 4.74 Å². The lowest BCUT2D eigenvalue weighted by Crippen LogP contribution is -2.62. The number of nitrogens with zero attached hydrogens (tertiary/aromatic N) is 1. The van der Waals surface area contributed by atoms with Crippen molar-refractivity contribution in [3.05, 3.63) is 0 Å². The molecule has 0 radical (unpaired) electrons. The fourth-order valence-electron chi connectivity index (χ4n) is 3.29. The average Bonchev–Trinajstić information content (AvgIpc) is 2.74. The summed E-state index contributed by atoms with van der Waals surface area (Å²) in [7, 11) is 0. The van der Waals surface area contributed by atoms with Crippen LogP contribution in [0.15, 0.2) is 0 Å². The molecule has 0 aliphatic carbocycles. The number of piperazine rings is 1. The van der Waals surface area contributed by atoms with Gasteiger partial charge in [0.25, 0.3) is 0 Å². The molecule has 17 heavy (non-hydrogen) atoms. The molecule has 0 aromatic carbocycles. The summed E-state index contributed by atoms with van der Waals surface area (Å²) in [6.45, 7) is 12.5. The lowest BCUT2D eigenvalue weighted by Gasteiger charge is -2.46. The van der Waals surface area contributed by atoms with Crippen molar-refractivity contribution in [1.82, 2.24) is 10.2 Å². The van der Waals surface area contributed by atoms with Crippen LogP contribution in [0, 0.1) is 5.92 Å². The highest BCUT2D eigenvalue weighted by Gasteiger charge is 2.38. The number of hydrogen-bond acceptors (Lipinski definition) is 3. The quantitative estimate of drug-likeness (QED) is 0.815. The molecule has 2 heterocycles. The zero-order valence-corrected chi connectivity index (χ0v) is 11.8. The topological polar surface area (TPSA) is 24.5 Å². The van der Waals surface area contributed by atoms with Crippen LogP contribution in [0.3, 0.4) is 0 Å². The summed E-state index contributed by atoms with van der Waals surface area (Å²) in [5, 5.41) is 3.69. The molecule has 3 heteroatoms. The largest absolute Gasteiger partial charge is 0.377 e. The SMILES string of the molecule is CCC1CN(C2CCOC2C)C(C(C)C)CN1. The molecule has 0 amide bonds. The second kappa shape index (κ2) is 5.68.